The molecule has 1 unspecified atom stereocenters. The maximum Gasteiger partial charge on any atom is 0.161 e. The van der Waals surface area contributed by atoms with Crippen LogP contribution in [0.25, 0.3) is 0 Å². The van der Waals surface area contributed by atoms with Gasteiger partial charge in [0.15, 0.2) is 6.29 Å². The van der Waals surface area contributed by atoms with E-state index in [2.05, 4.69) is 22.9 Å². The largest absolute Gasteiger partial charge is 0.350 e. The third-order valence-electron chi connectivity index (χ3n) is 1.36. The van der Waals surface area contributed by atoms with Crippen molar-refractivity contribution in [1.82, 2.24) is 0 Å². The van der Waals surface area contributed by atoms with Gasteiger partial charge in [-0.05, 0) is 0 Å². The highest BCUT2D eigenvalue weighted by molar-refractivity contribution is 9.09. The van der Waals surface area contributed by atoms with Crippen molar-refractivity contribution in [2.24, 2.45) is 5.92 Å². The molecule has 54 valence electrons. The molecule has 3 heteroatoms. The summed E-state index contributed by atoms with van der Waals surface area (Å²) >= 11 is 3.36. The van der Waals surface area contributed by atoms with E-state index < -0.39 is 0 Å². The number of rotatable bonds is 2. The molecule has 0 aliphatic carbocycles. The second-order valence-corrected chi connectivity index (χ2v) is 2.89. The average molecular weight is 195 g/mol. The van der Waals surface area contributed by atoms with Crippen LogP contribution in [0.3, 0.4) is 0 Å². The Morgan fingerprint density at radius 1 is 1.56 bits per heavy atom. The van der Waals surface area contributed by atoms with Crippen molar-refractivity contribution in [1.29, 1.82) is 0 Å². The normalized spacial score (nSPS) is 24.7. The molecule has 1 atom stereocenters. The summed E-state index contributed by atoms with van der Waals surface area (Å²) in [6, 6.07) is 0. The van der Waals surface area contributed by atoms with E-state index in [1.165, 1.54) is 0 Å². The zero-order chi connectivity index (χ0) is 6.69. The molecule has 0 saturated carbocycles. The van der Waals surface area contributed by atoms with Crippen LogP contribution in [0.5, 0.6) is 0 Å². The lowest BCUT2D eigenvalue weighted by Gasteiger charge is -2.13. The first kappa shape index (κ1) is 7.51. The summed E-state index contributed by atoms with van der Waals surface area (Å²) in [5.74, 6) is 0.465. The van der Waals surface area contributed by atoms with E-state index in [1.54, 1.807) is 0 Å². The van der Waals surface area contributed by atoms with Crippen LogP contribution in [-0.4, -0.2) is 24.8 Å². The molecule has 0 N–H and O–H groups in total. The minimum atomic E-state index is 0.0318. The SMILES string of the molecule is CC(CBr)C1OCCO1. The van der Waals surface area contributed by atoms with E-state index in [4.69, 9.17) is 9.47 Å². The highest BCUT2D eigenvalue weighted by Crippen LogP contribution is 2.15. The molecular formula is C6H11BrO2. The third-order valence-corrected chi connectivity index (χ3v) is 2.38. The van der Waals surface area contributed by atoms with E-state index >= 15 is 0 Å². The van der Waals surface area contributed by atoms with Crippen molar-refractivity contribution in [3.8, 4) is 0 Å². The molecule has 0 aromatic heterocycles. The Morgan fingerprint density at radius 3 is 2.56 bits per heavy atom. The fourth-order valence-electron chi connectivity index (χ4n) is 0.778. The molecule has 0 radical (unpaired) electrons. The van der Waals surface area contributed by atoms with Gasteiger partial charge in [-0.3, -0.25) is 0 Å². The van der Waals surface area contributed by atoms with Crippen molar-refractivity contribution < 1.29 is 9.47 Å². The first-order chi connectivity index (χ1) is 4.34. The monoisotopic (exact) mass is 194 g/mol. The summed E-state index contributed by atoms with van der Waals surface area (Å²) < 4.78 is 10.5. The summed E-state index contributed by atoms with van der Waals surface area (Å²) in [6.45, 7) is 3.61. The van der Waals surface area contributed by atoms with Gasteiger partial charge in [-0.25, -0.2) is 0 Å². The Labute approximate surface area is 63.7 Å². The fourth-order valence-corrected chi connectivity index (χ4v) is 1.08. The zero-order valence-corrected chi connectivity index (χ0v) is 7.06. The molecule has 9 heavy (non-hydrogen) atoms. The second-order valence-electron chi connectivity index (χ2n) is 2.24. The van der Waals surface area contributed by atoms with Gasteiger partial charge >= 0.3 is 0 Å². The minimum absolute atomic E-state index is 0.0318. The molecule has 1 heterocycles. The molecule has 0 amide bonds. The minimum Gasteiger partial charge on any atom is -0.350 e. The summed E-state index contributed by atoms with van der Waals surface area (Å²) in [6.07, 6.45) is 0.0318. The fraction of sp³-hybridized carbons (Fsp3) is 1.00. The summed E-state index contributed by atoms with van der Waals surface area (Å²) in [5, 5.41) is 0.942. The Kier molecular flexibility index (Phi) is 2.95. The molecule has 1 fully saturated rings. The van der Waals surface area contributed by atoms with Gasteiger partial charge in [0.2, 0.25) is 0 Å². The number of hydrogen-bond donors (Lipinski definition) is 0. The van der Waals surface area contributed by atoms with E-state index in [9.17, 15) is 0 Å². The smallest absolute Gasteiger partial charge is 0.161 e. The average Bonchev–Trinajstić information content (AvgIpc) is 2.37. The van der Waals surface area contributed by atoms with Crippen molar-refractivity contribution in [2.75, 3.05) is 18.5 Å². The van der Waals surface area contributed by atoms with Crippen molar-refractivity contribution in [2.45, 2.75) is 13.2 Å². The first-order valence-corrected chi connectivity index (χ1v) is 4.26. The topological polar surface area (TPSA) is 18.5 Å². The number of halogens is 1. The quantitative estimate of drug-likeness (QED) is 0.620. The summed E-state index contributed by atoms with van der Waals surface area (Å²) in [4.78, 5) is 0. The van der Waals surface area contributed by atoms with E-state index in [1.807, 2.05) is 0 Å². The van der Waals surface area contributed by atoms with E-state index in [0.29, 0.717) is 5.92 Å². The van der Waals surface area contributed by atoms with Crippen molar-refractivity contribution in [3.63, 3.8) is 0 Å². The Hall–Kier alpha value is 0.400. The van der Waals surface area contributed by atoms with E-state index in [-0.39, 0.29) is 6.29 Å². The molecule has 0 bridgehead atoms. The third kappa shape index (κ3) is 1.92. The maximum atomic E-state index is 5.25. The van der Waals surface area contributed by atoms with Crippen LogP contribution in [-0.2, 0) is 9.47 Å². The van der Waals surface area contributed by atoms with Gasteiger partial charge < -0.3 is 9.47 Å². The zero-order valence-electron chi connectivity index (χ0n) is 5.47. The molecule has 0 aromatic carbocycles. The summed E-state index contributed by atoms with van der Waals surface area (Å²) in [5.41, 5.74) is 0. The molecular weight excluding hydrogens is 184 g/mol. The van der Waals surface area contributed by atoms with Crippen LogP contribution in [0.2, 0.25) is 0 Å². The first-order valence-electron chi connectivity index (χ1n) is 3.13. The molecule has 1 aliphatic heterocycles. The lowest BCUT2D eigenvalue weighted by molar-refractivity contribution is -0.0716. The number of ether oxygens (including phenoxy) is 2. The van der Waals surface area contributed by atoms with Crippen LogP contribution in [0, 0.1) is 5.92 Å². The Morgan fingerprint density at radius 2 is 2.11 bits per heavy atom. The van der Waals surface area contributed by atoms with Crippen LogP contribution >= 0.6 is 15.9 Å². The van der Waals surface area contributed by atoms with Crippen molar-refractivity contribution >= 4 is 15.9 Å². The van der Waals surface area contributed by atoms with Gasteiger partial charge in [-0.2, -0.15) is 0 Å². The van der Waals surface area contributed by atoms with Crippen LogP contribution in [0.4, 0.5) is 0 Å². The molecule has 0 aromatic rings. The number of hydrogen-bond acceptors (Lipinski definition) is 2. The van der Waals surface area contributed by atoms with Crippen molar-refractivity contribution in [3.05, 3.63) is 0 Å². The highest BCUT2D eigenvalue weighted by Gasteiger charge is 2.21. The van der Waals surface area contributed by atoms with Gasteiger partial charge in [-0.15, -0.1) is 0 Å². The predicted molar refractivity (Wildman–Crippen MR) is 38.7 cm³/mol. The van der Waals surface area contributed by atoms with Crippen LogP contribution in [0.1, 0.15) is 6.92 Å². The number of alkyl halides is 1. The van der Waals surface area contributed by atoms with E-state index in [0.717, 1.165) is 18.5 Å². The van der Waals surface area contributed by atoms with Crippen LogP contribution in [0.15, 0.2) is 0 Å². The van der Waals surface area contributed by atoms with Gasteiger partial charge in [0.25, 0.3) is 0 Å². The van der Waals surface area contributed by atoms with Gasteiger partial charge in [0.1, 0.15) is 0 Å². The second kappa shape index (κ2) is 3.54. The maximum absolute atomic E-state index is 5.25. The van der Waals surface area contributed by atoms with Gasteiger partial charge in [0.05, 0.1) is 13.2 Å². The molecule has 2 nitrogen and oxygen atoms in total. The lowest BCUT2D eigenvalue weighted by atomic mass is 10.2. The van der Waals surface area contributed by atoms with Gasteiger partial charge in [0, 0.05) is 11.2 Å². The molecule has 0 spiro atoms. The molecule has 1 aliphatic rings. The Balaban J connectivity index is 2.24. The molecule has 1 rings (SSSR count). The van der Waals surface area contributed by atoms with Crippen LogP contribution < -0.4 is 0 Å². The Bertz CT molecular complexity index is 81.1. The highest BCUT2D eigenvalue weighted by atomic mass is 79.9. The standard InChI is InChI=1S/C6H11BrO2/c1-5(4-7)6-8-2-3-9-6/h5-6H,2-4H2,1H3. The molecule has 1 saturated heterocycles. The predicted octanol–water partition coefficient (Wildman–Crippen LogP) is 1.39. The van der Waals surface area contributed by atoms with Gasteiger partial charge in [-0.1, -0.05) is 22.9 Å². The summed E-state index contributed by atoms with van der Waals surface area (Å²) in [7, 11) is 0. The lowest BCUT2D eigenvalue weighted by Crippen LogP contribution is -2.19.